The van der Waals surface area contributed by atoms with Gasteiger partial charge in [-0.2, -0.15) is 0 Å². The molecule has 0 spiro atoms. The number of piperazine rings is 1. The summed E-state index contributed by atoms with van der Waals surface area (Å²) < 4.78 is 0. The molecule has 148 valence electrons. The lowest BCUT2D eigenvalue weighted by Gasteiger charge is -2.33. The lowest BCUT2D eigenvalue weighted by atomic mass is 10.2. The Labute approximate surface area is 171 Å². The van der Waals surface area contributed by atoms with E-state index in [1.165, 1.54) is 0 Å². The van der Waals surface area contributed by atoms with Gasteiger partial charge in [-0.3, -0.25) is 4.79 Å². The molecule has 6 heteroatoms. The molecule has 1 aromatic heterocycles. The van der Waals surface area contributed by atoms with Crippen molar-refractivity contribution in [2.75, 3.05) is 43.4 Å². The fourth-order valence-electron chi connectivity index (χ4n) is 3.36. The number of hydrogen-bond donors (Lipinski definition) is 1. The Morgan fingerprint density at radius 1 is 0.931 bits per heavy atom. The second kappa shape index (κ2) is 8.41. The van der Waals surface area contributed by atoms with Crippen LogP contribution < -0.4 is 10.2 Å². The molecule has 0 unspecified atom stereocenters. The van der Waals surface area contributed by atoms with Crippen LogP contribution in [0.4, 0.5) is 11.5 Å². The van der Waals surface area contributed by atoms with Gasteiger partial charge in [-0.25, -0.2) is 9.97 Å². The first-order valence-electron chi connectivity index (χ1n) is 9.85. The Morgan fingerprint density at radius 2 is 1.62 bits per heavy atom. The molecule has 0 saturated carbocycles. The normalized spacial score (nSPS) is 14.6. The Morgan fingerprint density at radius 3 is 2.34 bits per heavy atom. The number of nitrogens with zero attached hydrogens (tertiary/aromatic N) is 4. The summed E-state index contributed by atoms with van der Waals surface area (Å²) in [6, 6.07) is 19.3. The standard InChI is InChI=1S/C23H25N5O/c1-17-8-6-7-11-19(17)25-23(29)20-16-21(28-14-12-27(2)13-15-28)26-22(24-20)18-9-4-3-5-10-18/h3-11,16H,12-15H2,1-2H3,(H,25,29). The SMILES string of the molecule is Cc1ccccc1NC(=O)c1cc(N2CCN(C)CC2)nc(-c2ccccc2)n1. The van der Waals surface area contributed by atoms with Crippen molar-refractivity contribution in [3.05, 3.63) is 71.9 Å². The molecule has 0 aliphatic carbocycles. The van der Waals surface area contributed by atoms with E-state index in [2.05, 4.69) is 27.1 Å². The lowest BCUT2D eigenvalue weighted by Crippen LogP contribution is -2.45. The van der Waals surface area contributed by atoms with E-state index in [-0.39, 0.29) is 5.91 Å². The number of rotatable bonds is 4. The van der Waals surface area contributed by atoms with Crippen LogP contribution in [0.15, 0.2) is 60.7 Å². The van der Waals surface area contributed by atoms with Crippen LogP contribution in [0.3, 0.4) is 0 Å². The molecule has 1 aliphatic heterocycles. The smallest absolute Gasteiger partial charge is 0.274 e. The van der Waals surface area contributed by atoms with Crippen LogP contribution in [0.25, 0.3) is 11.4 Å². The van der Waals surface area contributed by atoms with E-state index >= 15 is 0 Å². The van der Waals surface area contributed by atoms with E-state index in [0.29, 0.717) is 11.5 Å². The minimum atomic E-state index is -0.228. The van der Waals surface area contributed by atoms with Gasteiger partial charge in [-0.1, -0.05) is 48.5 Å². The zero-order valence-electron chi connectivity index (χ0n) is 16.8. The number of aromatic nitrogens is 2. The Kier molecular flexibility index (Phi) is 5.53. The highest BCUT2D eigenvalue weighted by Gasteiger charge is 2.20. The van der Waals surface area contributed by atoms with Gasteiger partial charge in [-0.05, 0) is 25.6 Å². The summed E-state index contributed by atoms with van der Waals surface area (Å²) in [6.45, 7) is 5.66. The number of aryl methyl sites for hydroxylation is 1. The first-order valence-corrected chi connectivity index (χ1v) is 9.85. The molecular formula is C23H25N5O. The Hall–Kier alpha value is -3.25. The number of anilines is 2. The minimum Gasteiger partial charge on any atom is -0.354 e. The number of nitrogens with one attached hydrogen (secondary N) is 1. The second-order valence-corrected chi connectivity index (χ2v) is 7.36. The average Bonchev–Trinajstić information content (AvgIpc) is 2.76. The molecule has 2 aromatic carbocycles. The van der Waals surface area contributed by atoms with Gasteiger partial charge in [-0.15, -0.1) is 0 Å². The van der Waals surface area contributed by atoms with E-state index in [9.17, 15) is 4.79 Å². The number of carbonyl (C=O) groups is 1. The van der Waals surface area contributed by atoms with Crippen molar-refractivity contribution < 1.29 is 4.79 Å². The largest absolute Gasteiger partial charge is 0.354 e. The number of carbonyl (C=O) groups excluding carboxylic acids is 1. The van der Waals surface area contributed by atoms with E-state index in [4.69, 9.17) is 4.98 Å². The third kappa shape index (κ3) is 4.43. The van der Waals surface area contributed by atoms with Crippen molar-refractivity contribution in [1.29, 1.82) is 0 Å². The summed E-state index contributed by atoms with van der Waals surface area (Å²) >= 11 is 0. The van der Waals surface area contributed by atoms with E-state index in [1.54, 1.807) is 6.07 Å². The van der Waals surface area contributed by atoms with E-state index < -0.39 is 0 Å². The van der Waals surface area contributed by atoms with Crippen molar-refractivity contribution in [3.8, 4) is 11.4 Å². The van der Waals surface area contributed by atoms with Crippen molar-refractivity contribution in [2.24, 2.45) is 0 Å². The highest BCUT2D eigenvalue weighted by Crippen LogP contribution is 2.22. The Balaban J connectivity index is 1.69. The molecule has 0 bridgehead atoms. The first-order chi connectivity index (χ1) is 14.1. The number of hydrogen-bond acceptors (Lipinski definition) is 5. The second-order valence-electron chi connectivity index (χ2n) is 7.36. The fraction of sp³-hybridized carbons (Fsp3) is 0.261. The molecule has 1 fully saturated rings. The topological polar surface area (TPSA) is 61.4 Å². The van der Waals surface area contributed by atoms with Crippen molar-refractivity contribution >= 4 is 17.4 Å². The minimum absolute atomic E-state index is 0.228. The lowest BCUT2D eigenvalue weighted by molar-refractivity contribution is 0.102. The zero-order chi connectivity index (χ0) is 20.2. The van der Waals surface area contributed by atoms with Crippen LogP contribution in [-0.2, 0) is 0 Å². The third-order valence-electron chi connectivity index (χ3n) is 5.20. The molecule has 2 heterocycles. The fourth-order valence-corrected chi connectivity index (χ4v) is 3.36. The highest BCUT2D eigenvalue weighted by atomic mass is 16.1. The van der Waals surface area contributed by atoms with Gasteiger partial charge < -0.3 is 15.1 Å². The maximum absolute atomic E-state index is 13.0. The monoisotopic (exact) mass is 387 g/mol. The van der Waals surface area contributed by atoms with E-state index in [0.717, 1.165) is 48.8 Å². The molecule has 0 radical (unpaired) electrons. The molecule has 1 N–H and O–H groups in total. The van der Waals surface area contributed by atoms with Crippen LogP contribution in [0, 0.1) is 6.92 Å². The van der Waals surface area contributed by atoms with Gasteiger partial charge in [0.2, 0.25) is 0 Å². The maximum Gasteiger partial charge on any atom is 0.274 e. The molecule has 1 amide bonds. The van der Waals surface area contributed by atoms with Crippen LogP contribution in [-0.4, -0.2) is 54.0 Å². The van der Waals surface area contributed by atoms with Crippen molar-refractivity contribution in [2.45, 2.75) is 6.92 Å². The summed E-state index contributed by atoms with van der Waals surface area (Å²) in [6.07, 6.45) is 0. The average molecular weight is 387 g/mol. The van der Waals surface area contributed by atoms with Gasteiger partial charge >= 0.3 is 0 Å². The predicted octanol–water partition coefficient (Wildman–Crippen LogP) is 3.46. The predicted molar refractivity (Wildman–Crippen MR) is 116 cm³/mol. The van der Waals surface area contributed by atoms with Gasteiger partial charge in [0, 0.05) is 43.5 Å². The first kappa shape index (κ1) is 19.1. The molecule has 29 heavy (non-hydrogen) atoms. The van der Waals surface area contributed by atoms with Crippen LogP contribution in [0.1, 0.15) is 16.1 Å². The summed E-state index contributed by atoms with van der Waals surface area (Å²) in [5.74, 6) is 1.13. The molecule has 6 nitrogen and oxygen atoms in total. The molecule has 4 rings (SSSR count). The summed E-state index contributed by atoms with van der Waals surface area (Å²) in [5.41, 5.74) is 3.07. The third-order valence-corrected chi connectivity index (χ3v) is 5.20. The molecule has 1 saturated heterocycles. The molecular weight excluding hydrogens is 362 g/mol. The van der Waals surface area contributed by atoms with Gasteiger partial charge in [0.05, 0.1) is 0 Å². The van der Waals surface area contributed by atoms with Gasteiger partial charge in [0.25, 0.3) is 5.91 Å². The number of amides is 1. The van der Waals surface area contributed by atoms with Crippen LogP contribution in [0.2, 0.25) is 0 Å². The van der Waals surface area contributed by atoms with Gasteiger partial charge in [0.15, 0.2) is 5.82 Å². The molecule has 3 aromatic rings. The van der Waals surface area contributed by atoms with Crippen molar-refractivity contribution in [1.82, 2.24) is 14.9 Å². The quantitative estimate of drug-likeness (QED) is 0.743. The molecule has 1 aliphatic rings. The number of likely N-dealkylation sites (N-methyl/N-ethyl adjacent to an activating group) is 1. The van der Waals surface area contributed by atoms with E-state index in [1.807, 2.05) is 61.5 Å². The summed E-state index contributed by atoms with van der Waals surface area (Å²) in [4.78, 5) is 26.9. The zero-order valence-corrected chi connectivity index (χ0v) is 16.8. The summed E-state index contributed by atoms with van der Waals surface area (Å²) in [5, 5.41) is 2.99. The van der Waals surface area contributed by atoms with Crippen molar-refractivity contribution in [3.63, 3.8) is 0 Å². The van der Waals surface area contributed by atoms with Crippen LogP contribution in [0.5, 0.6) is 0 Å². The molecule has 0 atom stereocenters. The maximum atomic E-state index is 13.0. The Bertz CT molecular complexity index is 997. The number of benzene rings is 2. The van der Waals surface area contributed by atoms with Gasteiger partial charge in [0.1, 0.15) is 11.5 Å². The summed E-state index contributed by atoms with van der Waals surface area (Å²) in [7, 11) is 2.12. The van der Waals surface area contributed by atoms with Crippen LogP contribution >= 0.6 is 0 Å². The highest BCUT2D eigenvalue weighted by molar-refractivity contribution is 6.04. The number of para-hydroxylation sites is 1.